The van der Waals surface area contributed by atoms with Crippen molar-refractivity contribution in [3.63, 3.8) is 0 Å². The Labute approximate surface area is 194 Å². The van der Waals surface area contributed by atoms with E-state index >= 15 is 0 Å². The second kappa shape index (κ2) is 12.2. The van der Waals surface area contributed by atoms with Crippen LogP contribution in [0.1, 0.15) is 58.3 Å². The van der Waals surface area contributed by atoms with Crippen molar-refractivity contribution in [3.8, 4) is 0 Å². The Morgan fingerprint density at radius 2 is 1.70 bits per heavy atom. The van der Waals surface area contributed by atoms with E-state index in [2.05, 4.69) is 5.32 Å². The molecular formula is C27H30N2O4. The van der Waals surface area contributed by atoms with Gasteiger partial charge in [0.2, 0.25) is 5.78 Å². The Hall–Kier alpha value is -3.93. The second-order valence-electron chi connectivity index (χ2n) is 7.30. The zero-order chi connectivity index (χ0) is 24.4. The van der Waals surface area contributed by atoms with Crippen molar-refractivity contribution in [2.75, 3.05) is 0 Å². The third-order valence-electron chi connectivity index (χ3n) is 4.86. The number of aromatic nitrogens is 1. The predicted molar refractivity (Wildman–Crippen MR) is 130 cm³/mol. The van der Waals surface area contributed by atoms with Gasteiger partial charge in [-0.25, -0.2) is 0 Å². The van der Waals surface area contributed by atoms with Crippen molar-refractivity contribution < 1.29 is 19.5 Å². The van der Waals surface area contributed by atoms with Crippen LogP contribution in [0.2, 0.25) is 0 Å². The molecule has 0 aliphatic carbocycles. The third kappa shape index (κ3) is 7.04. The summed E-state index contributed by atoms with van der Waals surface area (Å²) in [5.41, 5.74) is 3.52. The standard InChI is InChI=1S/C25H24N2O4.C2H6/c1-17-10-12-20(13-11-17)23(28)22-9-5-15-27(22)14-4-7-19-6-3-8-21(16-19)24(29)26-18(2)25(30)31;1-2/h3-13,15-16,18H,14H2,1-2H3,(H,26,29)(H,30,31);1-2H3/b7-4+;. The lowest BCUT2D eigenvalue weighted by Crippen LogP contribution is -2.38. The SMILES string of the molecule is CC.Cc1ccc(C(=O)c2cccn2C/C=C/c2cccc(C(=O)NC(C)C(=O)O)c2)cc1. The number of carbonyl (C=O) groups is 3. The fourth-order valence-electron chi connectivity index (χ4n) is 3.06. The van der Waals surface area contributed by atoms with Crippen LogP contribution in [0.5, 0.6) is 0 Å². The number of amides is 1. The van der Waals surface area contributed by atoms with E-state index < -0.39 is 17.9 Å². The van der Waals surface area contributed by atoms with Gasteiger partial charge in [-0.05, 0) is 43.7 Å². The number of hydrogen-bond acceptors (Lipinski definition) is 3. The van der Waals surface area contributed by atoms with Crippen molar-refractivity contribution >= 4 is 23.7 Å². The van der Waals surface area contributed by atoms with E-state index in [1.807, 2.05) is 80.1 Å². The molecule has 172 valence electrons. The Morgan fingerprint density at radius 1 is 1.00 bits per heavy atom. The van der Waals surface area contributed by atoms with E-state index in [9.17, 15) is 14.4 Å². The number of aliphatic carboxylic acids is 1. The fraction of sp³-hybridized carbons (Fsp3) is 0.222. The zero-order valence-electron chi connectivity index (χ0n) is 19.4. The van der Waals surface area contributed by atoms with E-state index in [1.165, 1.54) is 6.92 Å². The van der Waals surface area contributed by atoms with Crippen molar-refractivity contribution in [2.24, 2.45) is 0 Å². The zero-order valence-corrected chi connectivity index (χ0v) is 19.4. The van der Waals surface area contributed by atoms with E-state index in [0.717, 1.165) is 11.1 Å². The molecular weight excluding hydrogens is 416 g/mol. The highest BCUT2D eigenvalue weighted by Crippen LogP contribution is 2.13. The van der Waals surface area contributed by atoms with Gasteiger partial charge in [-0.2, -0.15) is 0 Å². The number of nitrogens with one attached hydrogen (secondary N) is 1. The van der Waals surface area contributed by atoms with Crippen LogP contribution in [0, 0.1) is 6.92 Å². The van der Waals surface area contributed by atoms with E-state index in [4.69, 9.17) is 5.11 Å². The van der Waals surface area contributed by atoms with Gasteiger partial charge < -0.3 is 15.0 Å². The lowest BCUT2D eigenvalue weighted by molar-refractivity contribution is -0.138. The first-order valence-electron chi connectivity index (χ1n) is 10.9. The van der Waals surface area contributed by atoms with Gasteiger partial charge >= 0.3 is 5.97 Å². The van der Waals surface area contributed by atoms with Crippen LogP contribution in [0.4, 0.5) is 0 Å². The number of ketones is 1. The molecule has 0 saturated carbocycles. The molecule has 6 nitrogen and oxygen atoms in total. The molecule has 2 aromatic carbocycles. The molecule has 1 heterocycles. The molecule has 0 spiro atoms. The quantitative estimate of drug-likeness (QED) is 0.478. The summed E-state index contributed by atoms with van der Waals surface area (Å²) in [5.74, 6) is -1.57. The van der Waals surface area contributed by atoms with Gasteiger partial charge in [-0.3, -0.25) is 14.4 Å². The number of hydrogen-bond donors (Lipinski definition) is 2. The summed E-state index contributed by atoms with van der Waals surface area (Å²) in [5, 5.41) is 11.4. The molecule has 0 aliphatic heterocycles. The maximum absolute atomic E-state index is 12.8. The predicted octanol–water partition coefficient (Wildman–Crippen LogP) is 4.97. The molecule has 1 amide bonds. The minimum Gasteiger partial charge on any atom is -0.480 e. The van der Waals surface area contributed by atoms with Gasteiger partial charge in [0.25, 0.3) is 5.91 Å². The Balaban J connectivity index is 0.00000187. The number of aryl methyl sites for hydroxylation is 1. The minimum atomic E-state index is -1.09. The number of carbonyl (C=O) groups excluding carboxylic acids is 2. The van der Waals surface area contributed by atoms with Gasteiger partial charge in [0.05, 0.1) is 5.69 Å². The van der Waals surface area contributed by atoms with Crippen LogP contribution in [0.3, 0.4) is 0 Å². The summed E-state index contributed by atoms with van der Waals surface area (Å²) >= 11 is 0. The van der Waals surface area contributed by atoms with Crippen LogP contribution in [-0.4, -0.2) is 33.4 Å². The molecule has 1 atom stereocenters. The Morgan fingerprint density at radius 3 is 2.36 bits per heavy atom. The van der Waals surface area contributed by atoms with Gasteiger partial charge in [-0.1, -0.05) is 68.0 Å². The third-order valence-corrected chi connectivity index (χ3v) is 4.86. The van der Waals surface area contributed by atoms with E-state index in [0.29, 0.717) is 23.4 Å². The van der Waals surface area contributed by atoms with Crippen molar-refractivity contribution in [1.29, 1.82) is 0 Å². The summed E-state index contributed by atoms with van der Waals surface area (Å²) in [4.78, 5) is 35.9. The minimum absolute atomic E-state index is 0.0374. The van der Waals surface area contributed by atoms with Crippen molar-refractivity contribution in [1.82, 2.24) is 9.88 Å². The number of allylic oxidation sites excluding steroid dienone is 1. The first kappa shape index (κ1) is 25.3. The van der Waals surface area contributed by atoms with Crippen LogP contribution < -0.4 is 5.32 Å². The van der Waals surface area contributed by atoms with Gasteiger partial charge in [0, 0.05) is 23.9 Å². The van der Waals surface area contributed by atoms with Gasteiger partial charge in [-0.15, -0.1) is 0 Å². The molecule has 0 bridgehead atoms. The van der Waals surface area contributed by atoms with Gasteiger partial charge in [0.1, 0.15) is 6.04 Å². The van der Waals surface area contributed by atoms with Gasteiger partial charge in [0.15, 0.2) is 0 Å². The fourth-order valence-corrected chi connectivity index (χ4v) is 3.06. The Kier molecular flexibility index (Phi) is 9.36. The summed E-state index contributed by atoms with van der Waals surface area (Å²) in [7, 11) is 0. The highest BCUT2D eigenvalue weighted by atomic mass is 16.4. The maximum atomic E-state index is 12.8. The molecule has 3 aromatic rings. The largest absolute Gasteiger partial charge is 0.480 e. The summed E-state index contributed by atoms with van der Waals surface area (Å²) in [6.45, 7) is 7.88. The summed E-state index contributed by atoms with van der Waals surface area (Å²) < 4.78 is 1.86. The molecule has 33 heavy (non-hydrogen) atoms. The number of carboxylic acids is 1. The molecule has 0 radical (unpaired) electrons. The molecule has 0 aliphatic rings. The van der Waals surface area contributed by atoms with Crippen molar-refractivity contribution in [2.45, 2.75) is 40.3 Å². The van der Waals surface area contributed by atoms with Crippen LogP contribution in [-0.2, 0) is 11.3 Å². The van der Waals surface area contributed by atoms with Crippen LogP contribution >= 0.6 is 0 Å². The first-order chi connectivity index (χ1) is 15.8. The van der Waals surface area contributed by atoms with Crippen molar-refractivity contribution in [3.05, 3.63) is 101 Å². The number of carboxylic acid groups (broad SMARTS) is 1. The van der Waals surface area contributed by atoms with E-state index in [-0.39, 0.29) is 5.78 Å². The monoisotopic (exact) mass is 446 g/mol. The lowest BCUT2D eigenvalue weighted by Gasteiger charge is -2.09. The maximum Gasteiger partial charge on any atom is 0.325 e. The Bertz CT molecular complexity index is 1130. The summed E-state index contributed by atoms with van der Waals surface area (Å²) in [6.07, 6.45) is 5.61. The number of nitrogens with zero attached hydrogens (tertiary/aromatic N) is 1. The highest BCUT2D eigenvalue weighted by Gasteiger charge is 2.15. The molecule has 1 aromatic heterocycles. The van der Waals surface area contributed by atoms with Crippen LogP contribution in [0.15, 0.2) is 72.9 Å². The highest BCUT2D eigenvalue weighted by molar-refractivity contribution is 6.08. The molecule has 0 saturated heterocycles. The van der Waals surface area contributed by atoms with E-state index in [1.54, 1.807) is 24.3 Å². The first-order valence-corrected chi connectivity index (χ1v) is 10.9. The molecule has 6 heteroatoms. The second-order valence-corrected chi connectivity index (χ2v) is 7.30. The van der Waals surface area contributed by atoms with Crippen LogP contribution in [0.25, 0.3) is 6.08 Å². The average molecular weight is 447 g/mol. The normalized spacial score (nSPS) is 11.4. The lowest BCUT2D eigenvalue weighted by atomic mass is 10.1. The number of rotatable bonds is 8. The smallest absolute Gasteiger partial charge is 0.325 e. The molecule has 1 unspecified atom stereocenters. The molecule has 2 N–H and O–H groups in total. The summed E-state index contributed by atoms with van der Waals surface area (Å²) in [6, 6.07) is 17.1. The number of benzene rings is 2. The molecule has 3 rings (SSSR count). The topological polar surface area (TPSA) is 88.4 Å². The average Bonchev–Trinajstić information content (AvgIpc) is 3.29. The molecule has 0 fully saturated rings.